The summed E-state index contributed by atoms with van der Waals surface area (Å²) >= 11 is 5.03. The smallest absolute Gasteiger partial charge is 0.321 e. The van der Waals surface area contributed by atoms with E-state index in [4.69, 9.17) is 0 Å². The van der Waals surface area contributed by atoms with Gasteiger partial charge >= 0.3 is 6.03 Å². The Bertz CT molecular complexity index is 450. The van der Waals surface area contributed by atoms with E-state index in [-0.39, 0.29) is 11.9 Å². The first-order valence-corrected chi connectivity index (χ1v) is 7.63. The molecule has 0 radical (unpaired) electrons. The summed E-state index contributed by atoms with van der Waals surface area (Å²) in [5, 5.41) is 6.85. The number of amides is 3. The molecule has 0 spiro atoms. The first-order chi connectivity index (χ1) is 8.93. The molecular weight excluding hydrogens is 330 g/mol. The molecule has 1 aromatic rings. The van der Waals surface area contributed by atoms with Crippen molar-refractivity contribution in [3.05, 3.63) is 20.8 Å². The van der Waals surface area contributed by atoms with Crippen molar-refractivity contribution in [3.63, 3.8) is 0 Å². The Hall–Kier alpha value is -0.920. The lowest BCUT2D eigenvalue weighted by molar-refractivity contribution is -0.124. The molecule has 0 fully saturated rings. The Morgan fingerprint density at radius 2 is 2.21 bits per heavy atom. The summed E-state index contributed by atoms with van der Waals surface area (Å²) in [7, 11) is 1.86. The third kappa shape index (κ3) is 5.30. The van der Waals surface area contributed by atoms with Crippen LogP contribution >= 0.6 is 27.3 Å². The van der Waals surface area contributed by atoms with Gasteiger partial charge in [0.2, 0.25) is 5.91 Å². The topological polar surface area (TPSA) is 61.4 Å². The van der Waals surface area contributed by atoms with Gasteiger partial charge in [0.1, 0.15) is 0 Å². The van der Waals surface area contributed by atoms with Crippen molar-refractivity contribution in [2.75, 3.05) is 13.6 Å². The van der Waals surface area contributed by atoms with Crippen molar-refractivity contribution in [1.29, 1.82) is 0 Å². The average molecular weight is 348 g/mol. The minimum atomic E-state index is -0.452. The van der Waals surface area contributed by atoms with Gasteiger partial charge < -0.3 is 5.32 Å². The number of halogens is 1. The Labute approximate surface area is 125 Å². The first-order valence-electron chi connectivity index (χ1n) is 5.95. The fraction of sp³-hybridized carbons (Fsp3) is 0.500. The number of urea groups is 1. The van der Waals surface area contributed by atoms with E-state index in [1.54, 1.807) is 25.2 Å². The standard InChI is InChI=1S/C12H18BrN3O2S/c1-4-14-12(18)15-11(17)8(2)16(3)6-10-5-9(13)7-19-10/h5,7-8H,4,6H2,1-3H3,(H2,14,15,17,18)/t8-/m0/s1. The highest BCUT2D eigenvalue weighted by molar-refractivity contribution is 9.10. The molecule has 0 aromatic carbocycles. The highest BCUT2D eigenvalue weighted by atomic mass is 79.9. The number of carbonyl (C=O) groups is 2. The van der Waals surface area contributed by atoms with E-state index in [1.807, 2.05) is 23.4 Å². The predicted octanol–water partition coefficient (Wildman–Crippen LogP) is 2.18. The summed E-state index contributed by atoms with van der Waals surface area (Å²) < 4.78 is 1.04. The van der Waals surface area contributed by atoms with Crippen LogP contribution < -0.4 is 10.6 Å². The third-order valence-electron chi connectivity index (χ3n) is 2.64. The van der Waals surface area contributed by atoms with Crippen molar-refractivity contribution < 1.29 is 9.59 Å². The zero-order valence-electron chi connectivity index (χ0n) is 11.2. The van der Waals surface area contributed by atoms with Gasteiger partial charge in [0.25, 0.3) is 0 Å². The van der Waals surface area contributed by atoms with Gasteiger partial charge in [-0.15, -0.1) is 11.3 Å². The molecule has 19 heavy (non-hydrogen) atoms. The van der Waals surface area contributed by atoms with Crippen LogP contribution in [0.5, 0.6) is 0 Å². The van der Waals surface area contributed by atoms with Gasteiger partial charge in [-0.2, -0.15) is 0 Å². The summed E-state index contributed by atoms with van der Waals surface area (Å²) in [6.07, 6.45) is 0. The van der Waals surface area contributed by atoms with Gasteiger partial charge in [0.15, 0.2) is 0 Å². The summed E-state index contributed by atoms with van der Waals surface area (Å²) in [5.74, 6) is -0.302. The molecule has 2 N–H and O–H groups in total. The molecule has 1 atom stereocenters. The quantitative estimate of drug-likeness (QED) is 0.857. The van der Waals surface area contributed by atoms with E-state index in [0.717, 1.165) is 9.35 Å². The Balaban J connectivity index is 2.49. The Morgan fingerprint density at radius 1 is 1.53 bits per heavy atom. The molecule has 0 aliphatic carbocycles. The molecule has 1 rings (SSSR count). The number of carbonyl (C=O) groups excluding carboxylic acids is 2. The van der Waals surface area contributed by atoms with Crippen molar-refractivity contribution >= 4 is 39.2 Å². The van der Waals surface area contributed by atoms with Gasteiger partial charge in [-0.05, 0) is 42.9 Å². The normalized spacial score (nSPS) is 12.3. The SMILES string of the molecule is CCNC(=O)NC(=O)[C@H](C)N(C)Cc1cc(Br)cs1. The van der Waals surface area contributed by atoms with Crippen LogP contribution in [0.1, 0.15) is 18.7 Å². The van der Waals surface area contributed by atoms with Crippen LogP contribution in [0.15, 0.2) is 15.9 Å². The molecule has 0 unspecified atom stereocenters. The Kier molecular flexibility index (Phi) is 6.47. The summed E-state index contributed by atoms with van der Waals surface area (Å²) in [6, 6.07) is 1.20. The maximum absolute atomic E-state index is 11.8. The van der Waals surface area contributed by atoms with Gasteiger partial charge in [-0.1, -0.05) is 0 Å². The Morgan fingerprint density at radius 3 is 2.74 bits per heavy atom. The van der Waals surface area contributed by atoms with E-state index >= 15 is 0 Å². The molecule has 0 aliphatic rings. The van der Waals surface area contributed by atoms with Gasteiger partial charge in [0.05, 0.1) is 6.04 Å². The number of hydrogen-bond donors (Lipinski definition) is 2. The van der Waals surface area contributed by atoms with Crippen molar-refractivity contribution in [2.45, 2.75) is 26.4 Å². The minimum Gasteiger partial charge on any atom is -0.338 e. The molecule has 106 valence electrons. The fourth-order valence-corrected chi connectivity index (χ4v) is 2.95. The molecule has 0 saturated carbocycles. The number of hydrogen-bond acceptors (Lipinski definition) is 4. The van der Waals surface area contributed by atoms with Crippen LogP contribution in [-0.2, 0) is 11.3 Å². The van der Waals surface area contributed by atoms with Crippen molar-refractivity contribution in [2.24, 2.45) is 0 Å². The van der Waals surface area contributed by atoms with Crippen molar-refractivity contribution in [3.8, 4) is 0 Å². The molecular formula is C12H18BrN3O2S. The molecule has 0 bridgehead atoms. The highest BCUT2D eigenvalue weighted by Crippen LogP contribution is 2.21. The predicted molar refractivity (Wildman–Crippen MR) is 80.2 cm³/mol. The van der Waals surface area contributed by atoms with E-state index in [2.05, 4.69) is 26.6 Å². The molecule has 0 saturated heterocycles. The second-order valence-electron chi connectivity index (χ2n) is 4.17. The van der Waals surface area contributed by atoms with E-state index in [1.165, 1.54) is 0 Å². The first kappa shape index (κ1) is 16.1. The summed E-state index contributed by atoms with van der Waals surface area (Å²) in [5.41, 5.74) is 0. The van der Waals surface area contributed by atoms with E-state index < -0.39 is 6.03 Å². The zero-order valence-corrected chi connectivity index (χ0v) is 13.6. The maximum atomic E-state index is 11.8. The fourth-order valence-electron chi connectivity index (χ4n) is 1.44. The average Bonchev–Trinajstić information content (AvgIpc) is 2.73. The van der Waals surface area contributed by atoms with Crippen LogP contribution in [-0.4, -0.2) is 36.5 Å². The lowest BCUT2D eigenvalue weighted by atomic mass is 10.2. The maximum Gasteiger partial charge on any atom is 0.321 e. The number of rotatable bonds is 5. The second kappa shape index (κ2) is 7.62. The van der Waals surface area contributed by atoms with Crippen LogP contribution in [0.3, 0.4) is 0 Å². The molecule has 1 heterocycles. The van der Waals surface area contributed by atoms with E-state index in [9.17, 15) is 9.59 Å². The number of imide groups is 1. The molecule has 0 aliphatic heterocycles. The monoisotopic (exact) mass is 347 g/mol. The number of likely N-dealkylation sites (N-methyl/N-ethyl adjacent to an activating group) is 1. The molecule has 3 amide bonds. The largest absolute Gasteiger partial charge is 0.338 e. The second-order valence-corrected chi connectivity index (χ2v) is 6.08. The third-order valence-corrected chi connectivity index (χ3v) is 4.32. The van der Waals surface area contributed by atoms with Crippen molar-refractivity contribution in [1.82, 2.24) is 15.5 Å². The van der Waals surface area contributed by atoms with Gasteiger partial charge in [-0.3, -0.25) is 15.0 Å². The lowest BCUT2D eigenvalue weighted by Crippen LogP contribution is -2.48. The van der Waals surface area contributed by atoms with Crippen LogP contribution in [0.4, 0.5) is 4.79 Å². The summed E-state index contributed by atoms with van der Waals surface area (Å²) in [4.78, 5) is 26.2. The van der Waals surface area contributed by atoms with Crippen LogP contribution in [0.2, 0.25) is 0 Å². The zero-order chi connectivity index (χ0) is 14.4. The molecule has 5 nitrogen and oxygen atoms in total. The van der Waals surface area contributed by atoms with E-state index in [0.29, 0.717) is 13.1 Å². The molecule has 7 heteroatoms. The number of thiophene rings is 1. The lowest BCUT2D eigenvalue weighted by Gasteiger charge is -2.22. The van der Waals surface area contributed by atoms with Crippen LogP contribution in [0, 0.1) is 0 Å². The molecule has 1 aromatic heterocycles. The summed E-state index contributed by atoms with van der Waals surface area (Å²) in [6.45, 7) is 4.73. The minimum absolute atomic E-state index is 0.302. The van der Waals surface area contributed by atoms with Gasteiger partial charge in [0, 0.05) is 27.8 Å². The highest BCUT2D eigenvalue weighted by Gasteiger charge is 2.20. The number of nitrogens with zero attached hydrogens (tertiary/aromatic N) is 1. The van der Waals surface area contributed by atoms with Crippen LogP contribution in [0.25, 0.3) is 0 Å². The number of nitrogens with one attached hydrogen (secondary N) is 2. The van der Waals surface area contributed by atoms with Gasteiger partial charge in [-0.25, -0.2) is 4.79 Å².